The molecule has 0 heterocycles. The molecule has 187 valence electrons. The number of halogens is 3. The van der Waals surface area contributed by atoms with Gasteiger partial charge < -0.3 is 0 Å². The van der Waals surface area contributed by atoms with Gasteiger partial charge in [-0.15, -0.1) is 0 Å². The van der Waals surface area contributed by atoms with Crippen molar-refractivity contribution in [3.05, 3.63) is 118 Å². The van der Waals surface area contributed by atoms with E-state index in [1.165, 1.54) is 53.4 Å². The number of hydrogen-bond donors (Lipinski definition) is 0. The van der Waals surface area contributed by atoms with Gasteiger partial charge in [-0.25, -0.2) is 0 Å². The standard InChI is InChI=1S/C17H14Cl.C13H9.C2H7Si.2ClH.Zr/c1-2-12-10-14-4-3-5-16(17(14)11-12)13-6-8-15(18)9-7-13;1-3-7-12-10(5-1)9-11-6-2-4-8-13(11)12;1-3-2;;;/h3-11H,2H2,1H3;1-5,7-8H,9H2;3H,1-2H3;2*1H;/q;;;;;+2/p-2. The van der Waals surface area contributed by atoms with Gasteiger partial charge in [-0.3, -0.25) is 0 Å². The molecule has 0 aliphatic heterocycles. The van der Waals surface area contributed by atoms with Gasteiger partial charge in [0, 0.05) is 0 Å². The summed E-state index contributed by atoms with van der Waals surface area (Å²) in [7, 11) is 16.6. The van der Waals surface area contributed by atoms with Gasteiger partial charge >= 0.3 is 236 Å². The van der Waals surface area contributed by atoms with E-state index in [2.05, 4.69) is 98.9 Å². The van der Waals surface area contributed by atoms with Crippen molar-refractivity contribution in [1.29, 1.82) is 0 Å². The fourth-order valence-corrected chi connectivity index (χ4v) is 34.8. The molecule has 0 radical (unpaired) electrons. The van der Waals surface area contributed by atoms with Crippen LogP contribution in [0.15, 0.2) is 90.5 Å². The molecule has 6 rings (SSSR count). The van der Waals surface area contributed by atoms with Crippen LogP contribution in [0.1, 0.15) is 39.2 Å². The van der Waals surface area contributed by atoms with Crippen molar-refractivity contribution in [2.24, 2.45) is 0 Å². The van der Waals surface area contributed by atoms with Crippen molar-refractivity contribution in [3.63, 3.8) is 0 Å². The molecule has 0 bridgehead atoms. The monoisotopic (exact) mass is 637 g/mol. The first-order valence-corrected chi connectivity index (χ1v) is 29.6. The van der Waals surface area contributed by atoms with Crippen LogP contribution in [-0.4, -0.2) is 5.92 Å². The van der Waals surface area contributed by atoms with E-state index >= 15 is 0 Å². The summed E-state index contributed by atoms with van der Waals surface area (Å²) in [5.74, 6) is -1.55. The summed E-state index contributed by atoms with van der Waals surface area (Å²) >= 11 is 1.54. The molecule has 1 atom stereocenters. The van der Waals surface area contributed by atoms with Crippen LogP contribution in [0.3, 0.4) is 0 Å². The summed E-state index contributed by atoms with van der Waals surface area (Å²) in [6, 6.07) is 30.3. The molecule has 37 heavy (non-hydrogen) atoms. The molecule has 0 fully saturated rings. The molecule has 0 spiro atoms. The second-order valence-electron chi connectivity index (χ2n) is 10.8. The second kappa shape index (κ2) is 9.35. The van der Waals surface area contributed by atoms with Crippen molar-refractivity contribution in [3.8, 4) is 22.3 Å². The van der Waals surface area contributed by atoms with Crippen molar-refractivity contribution in [2.45, 2.75) is 36.5 Å². The Morgan fingerprint density at radius 2 is 1.49 bits per heavy atom. The average molecular weight is 640 g/mol. The summed E-state index contributed by atoms with van der Waals surface area (Å²) in [4.78, 5) is 0. The van der Waals surface area contributed by atoms with Crippen LogP contribution in [0.25, 0.3) is 28.3 Å². The van der Waals surface area contributed by atoms with E-state index in [1.807, 2.05) is 12.1 Å². The predicted octanol–water partition coefficient (Wildman–Crippen LogP) is 9.73. The van der Waals surface area contributed by atoms with Crippen molar-refractivity contribution in [2.75, 3.05) is 0 Å². The molecule has 0 N–H and O–H groups in total. The maximum atomic E-state index is 8.29. The first kappa shape index (κ1) is 25.8. The fourth-order valence-electron chi connectivity index (χ4n) is 6.68. The third-order valence-corrected chi connectivity index (χ3v) is 58.9. The molecule has 5 heteroatoms. The summed E-state index contributed by atoms with van der Waals surface area (Å²) in [5, 5.41) is 0.749. The van der Waals surface area contributed by atoms with Crippen LogP contribution >= 0.6 is 28.6 Å². The van der Waals surface area contributed by atoms with Gasteiger partial charge in [0.05, 0.1) is 0 Å². The van der Waals surface area contributed by atoms with E-state index in [0.29, 0.717) is 0 Å². The number of allylic oxidation sites excluding steroid dienone is 1. The molecule has 0 aromatic heterocycles. The van der Waals surface area contributed by atoms with E-state index in [1.54, 1.807) is 0 Å². The van der Waals surface area contributed by atoms with Crippen LogP contribution in [0.5, 0.6) is 0 Å². The van der Waals surface area contributed by atoms with Gasteiger partial charge in [-0.05, 0) is 0 Å². The third kappa shape index (κ3) is 3.86. The minimum atomic E-state index is -4.67. The van der Waals surface area contributed by atoms with E-state index in [0.717, 1.165) is 17.9 Å². The average Bonchev–Trinajstić information content (AvgIpc) is 3.48. The number of rotatable bonds is 5. The van der Waals surface area contributed by atoms with E-state index in [9.17, 15) is 0 Å². The van der Waals surface area contributed by atoms with Gasteiger partial charge in [0.25, 0.3) is 0 Å². The Kier molecular flexibility index (Phi) is 6.53. The van der Waals surface area contributed by atoms with E-state index in [4.69, 9.17) is 28.6 Å². The molecule has 0 saturated heterocycles. The quantitative estimate of drug-likeness (QED) is 0.168. The SMILES string of the molecule is CCC1=Cc2c(-c3ccc(Cl)cc3)cccc2[CH]1[Zr]([Cl])([Cl])([c]1cccc2c1Cc1ccccc1-2)[SiH](C)C. The summed E-state index contributed by atoms with van der Waals surface area (Å²) in [6.45, 7) is 7.03. The second-order valence-corrected chi connectivity index (χ2v) is 52.7. The first-order chi connectivity index (χ1) is 17.7. The van der Waals surface area contributed by atoms with Gasteiger partial charge in [0.1, 0.15) is 0 Å². The van der Waals surface area contributed by atoms with Crippen molar-refractivity contribution >= 4 is 43.9 Å². The Morgan fingerprint density at radius 1 is 0.811 bits per heavy atom. The predicted molar refractivity (Wildman–Crippen MR) is 163 cm³/mol. The minimum absolute atomic E-state index is 0.0962. The number of benzene rings is 4. The van der Waals surface area contributed by atoms with Crippen LogP contribution in [0, 0.1) is 0 Å². The van der Waals surface area contributed by atoms with Crippen molar-refractivity contribution < 1.29 is 15.6 Å². The van der Waals surface area contributed by atoms with Crippen molar-refractivity contribution in [1.82, 2.24) is 0 Å². The Bertz CT molecular complexity index is 1570. The van der Waals surface area contributed by atoms with E-state index in [-0.39, 0.29) is 3.63 Å². The van der Waals surface area contributed by atoms with Gasteiger partial charge in [0.2, 0.25) is 0 Å². The maximum absolute atomic E-state index is 8.29. The molecular formula is C32H30Cl3SiZr. The van der Waals surface area contributed by atoms with E-state index < -0.39 is 21.5 Å². The zero-order chi connectivity index (χ0) is 26.0. The Hall–Kier alpha value is -1.41. The Labute approximate surface area is 234 Å². The normalized spacial score (nSPS) is 17.1. The summed E-state index contributed by atoms with van der Waals surface area (Å²) in [6.07, 6.45) is 4.26. The third-order valence-electron chi connectivity index (χ3n) is 8.67. The zero-order valence-electron chi connectivity index (χ0n) is 21.4. The van der Waals surface area contributed by atoms with Crippen LogP contribution in [-0.2, 0) is 22.0 Å². The molecule has 0 amide bonds. The molecule has 4 aromatic carbocycles. The summed E-state index contributed by atoms with van der Waals surface area (Å²) < 4.78 is 1.40. The van der Waals surface area contributed by atoms with Crippen LogP contribution in [0.2, 0.25) is 18.1 Å². The molecule has 0 saturated carbocycles. The first-order valence-electron chi connectivity index (χ1n) is 13.1. The molecular weight excluding hydrogens is 610 g/mol. The van der Waals surface area contributed by atoms with Crippen LogP contribution in [0.4, 0.5) is 0 Å². The molecule has 4 aromatic rings. The van der Waals surface area contributed by atoms with Crippen LogP contribution < -0.4 is 3.27 Å². The van der Waals surface area contributed by atoms with Gasteiger partial charge in [-0.1, -0.05) is 0 Å². The summed E-state index contributed by atoms with van der Waals surface area (Å²) in [5.41, 5.74) is 11.8. The molecule has 2 aliphatic rings. The molecule has 2 aliphatic carbocycles. The van der Waals surface area contributed by atoms with Gasteiger partial charge in [0.15, 0.2) is 0 Å². The Morgan fingerprint density at radius 3 is 2.22 bits per heavy atom. The van der Waals surface area contributed by atoms with Gasteiger partial charge in [-0.2, -0.15) is 0 Å². The fraction of sp³-hybridized carbons (Fsp3) is 0.188. The topological polar surface area (TPSA) is 0 Å². The Balaban J connectivity index is 1.59. The zero-order valence-corrected chi connectivity index (χ0v) is 27.2. The molecule has 0 nitrogen and oxygen atoms in total. The molecule has 1 unspecified atom stereocenters. The number of fused-ring (bicyclic) bond motifs is 4. The number of hydrogen-bond acceptors (Lipinski definition) is 0.